The summed E-state index contributed by atoms with van der Waals surface area (Å²) in [5.41, 5.74) is 2.33. The Morgan fingerprint density at radius 3 is 2.32 bits per heavy atom. The summed E-state index contributed by atoms with van der Waals surface area (Å²) in [6.07, 6.45) is 5.40. The highest BCUT2D eigenvalue weighted by Gasteiger charge is 2.25. The maximum Gasteiger partial charge on any atom is 0.355 e. The molecule has 10 heteroatoms. The summed E-state index contributed by atoms with van der Waals surface area (Å²) < 4.78 is 15.3. The smallest absolute Gasteiger partial charge is 0.355 e. The second-order valence-corrected chi connectivity index (χ2v) is 9.17. The van der Waals surface area contributed by atoms with Crippen molar-refractivity contribution in [1.82, 2.24) is 18.9 Å². The minimum absolute atomic E-state index is 0.0653. The largest absolute Gasteiger partial charge is 0.476 e. The van der Waals surface area contributed by atoms with E-state index in [0.29, 0.717) is 29.1 Å². The summed E-state index contributed by atoms with van der Waals surface area (Å²) in [6, 6.07) is 12.4. The first-order valence-electron chi connectivity index (χ1n) is 10.8. The number of pyridine rings is 1. The standard InChI is InChI=1S/C24H24N4O5S/c1-3-4-7-18-26-22(34(2)33)21(24(31)32)28(18)14-15-9-11-16(12-10-15)19-20(23(29)30)27-13-6-5-8-17(27)25-19/h5-6,8-13H,3-4,7,14H2,1-2H3,(H,29,30)(H,31,32). The van der Waals surface area contributed by atoms with Crippen LogP contribution in [0.1, 0.15) is 52.1 Å². The van der Waals surface area contributed by atoms with Crippen molar-refractivity contribution in [2.24, 2.45) is 0 Å². The van der Waals surface area contributed by atoms with Crippen LogP contribution in [0.4, 0.5) is 0 Å². The van der Waals surface area contributed by atoms with Crippen LogP contribution in [0.15, 0.2) is 53.7 Å². The minimum Gasteiger partial charge on any atom is -0.476 e. The van der Waals surface area contributed by atoms with Crippen LogP contribution in [0.2, 0.25) is 0 Å². The molecule has 0 saturated heterocycles. The predicted molar refractivity (Wildman–Crippen MR) is 127 cm³/mol. The fraction of sp³-hybridized carbons (Fsp3) is 0.250. The number of carbonyl (C=O) groups is 2. The first-order chi connectivity index (χ1) is 16.3. The Hall–Kier alpha value is -3.79. The van der Waals surface area contributed by atoms with Gasteiger partial charge in [0.1, 0.15) is 17.2 Å². The third-order valence-electron chi connectivity index (χ3n) is 5.54. The highest BCUT2D eigenvalue weighted by Crippen LogP contribution is 2.26. The van der Waals surface area contributed by atoms with Gasteiger partial charge in [-0.3, -0.25) is 8.61 Å². The van der Waals surface area contributed by atoms with E-state index in [1.807, 2.05) is 19.1 Å². The lowest BCUT2D eigenvalue weighted by atomic mass is 10.1. The average molecular weight is 481 g/mol. The van der Waals surface area contributed by atoms with Gasteiger partial charge in [0.05, 0.1) is 10.8 Å². The van der Waals surface area contributed by atoms with Crippen LogP contribution in [0, 0.1) is 0 Å². The zero-order valence-corrected chi connectivity index (χ0v) is 19.6. The van der Waals surface area contributed by atoms with Crippen molar-refractivity contribution in [3.05, 3.63) is 71.4 Å². The lowest BCUT2D eigenvalue weighted by molar-refractivity contribution is 0.0674. The number of aryl methyl sites for hydroxylation is 1. The molecular weight excluding hydrogens is 456 g/mol. The lowest BCUT2D eigenvalue weighted by Crippen LogP contribution is -2.14. The van der Waals surface area contributed by atoms with Crippen molar-refractivity contribution < 1.29 is 24.0 Å². The third kappa shape index (κ3) is 4.36. The molecule has 0 radical (unpaired) electrons. The van der Waals surface area contributed by atoms with E-state index in [4.69, 9.17) is 0 Å². The number of hydrogen-bond acceptors (Lipinski definition) is 5. The Kier molecular flexibility index (Phi) is 6.60. The van der Waals surface area contributed by atoms with Crippen LogP contribution in [0.3, 0.4) is 0 Å². The molecule has 4 aromatic rings. The van der Waals surface area contributed by atoms with E-state index >= 15 is 0 Å². The molecule has 1 aromatic carbocycles. The summed E-state index contributed by atoms with van der Waals surface area (Å²) in [4.78, 5) is 32.8. The molecule has 3 heterocycles. The van der Waals surface area contributed by atoms with Gasteiger partial charge in [0, 0.05) is 31.0 Å². The number of rotatable bonds is 9. The van der Waals surface area contributed by atoms with Crippen LogP contribution in [-0.4, -0.2) is 51.6 Å². The van der Waals surface area contributed by atoms with Crippen molar-refractivity contribution in [3.8, 4) is 11.3 Å². The van der Waals surface area contributed by atoms with Gasteiger partial charge in [-0.05, 0) is 24.1 Å². The van der Waals surface area contributed by atoms with Crippen molar-refractivity contribution in [2.75, 3.05) is 6.26 Å². The summed E-state index contributed by atoms with van der Waals surface area (Å²) in [7, 11) is -1.54. The first-order valence-corrected chi connectivity index (χ1v) is 12.3. The Morgan fingerprint density at radius 2 is 1.71 bits per heavy atom. The second kappa shape index (κ2) is 9.60. The lowest BCUT2D eigenvalue weighted by Gasteiger charge is -2.11. The van der Waals surface area contributed by atoms with Gasteiger partial charge in [0.15, 0.2) is 16.4 Å². The summed E-state index contributed by atoms with van der Waals surface area (Å²) >= 11 is 0. The number of aromatic carboxylic acids is 2. The number of benzene rings is 1. The quantitative estimate of drug-likeness (QED) is 0.374. The molecular formula is C24H24N4O5S. The molecule has 0 bridgehead atoms. The minimum atomic E-state index is -1.54. The summed E-state index contributed by atoms with van der Waals surface area (Å²) in [6.45, 7) is 2.27. The van der Waals surface area contributed by atoms with Crippen molar-refractivity contribution in [3.63, 3.8) is 0 Å². The van der Waals surface area contributed by atoms with Crippen LogP contribution in [0.25, 0.3) is 16.9 Å². The maximum absolute atomic E-state index is 12.1. The normalized spacial score (nSPS) is 12.2. The Bertz CT molecular complexity index is 1410. The average Bonchev–Trinajstić information content (AvgIpc) is 3.37. The molecule has 0 spiro atoms. The summed E-state index contributed by atoms with van der Waals surface area (Å²) in [5.74, 6) is -1.67. The van der Waals surface area contributed by atoms with Crippen LogP contribution < -0.4 is 0 Å². The monoisotopic (exact) mass is 480 g/mol. The van der Waals surface area contributed by atoms with Crippen molar-refractivity contribution in [2.45, 2.75) is 37.8 Å². The molecule has 0 saturated carbocycles. The molecule has 2 N–H and O–H groups in total. The number of unbranched alkanes of at least 4 members (excludes halogenated alkanes) is 1. The number of carboxylic acid groups (broad SMARTS) is 2. The van der Waals surface area contributed by atoms with Gasteiger partial charge in [0.2, 0.25) is 0 Å². The van der Waals surface area contributed by atoms with Gasteiger partial charge in [-0.15, -0.1) is 0 Å². The summed E-state index contributed by atoms with van der Waals surface area (Å²) in [5, 5.41) is 19.6. The molecule has 9 nitrogen and oxygen atoms in total. The van der Waals surface area contributed by atoms with Gasteiger partial charge in [0.25, 0.3) is 0 Å². The fourth-order valence-electron chi connectivity index (χ4n) is 3.93. The molecule has 0 aliphatic rings. The van der Waals surface area contributed by atoms with Crippen LogP contribution in [-0.2, 0) is 23.8 Å². The molecule has 0 fully saturated rings. The van der Waals surface area contributed by atoms with Crippen molar-refractivity contribution in [1.29, 1.82) is 0 Å². The number of carboxylic acids is 2. The molecule has 3 aromatic heterocycles. The topological polar surface area (TPSA) is 127 Å². The Labute approximate surface area is 198 Å². The van der Waals surface area contributed by atoms with E-state index in [0.717, 1.165) is 18.4 Å². The number of nitrogens with zero attached hydrogens (tertiary/aromatic N) is 4. The zero-order chi connectivity index (χ0) is 24.4. The van der Waals surface area contributed by atoms with E-state index in [-0.39, 0.29) is 23.0 Å². The predicted octanol–water partition coefficient (Wildman–Crippen LogP) is 3.72. The molecule has 0 amide bonds. The van der Waals surface area contributed by atoms with Gasteiger partial charge in [-0.25, -0.2) is 19.6 Å². The highest BCUT2D eigenvalue weighted by atomic mass is 32.2. The van der Waals surface area contributed by atoms with Gasteiger partial charge >= 0.3 is 11.9 Å². The maximum atomic E-state index is 12.1. The second-order valence-electron chi connectivity index (χ2n) is 7.87. The molecule has 1 atom stereocenters. The zero-order valence-electron chi connectivity index (χ0n) is 18.8. The van der Waals surface area contributed by atoms with Gasteiger partial charge in [-0.1, -0.05) is 43.7 Å². The number of imidazole rings is 2. The molecule has 0 aliphatic carbocycles. The van der Waals surface area contributed by atoms with E-state index in [1.165, 1.54) is 10.7 Å². The van der Waals surface area contributed by atoms with Crippen LogP contribution >= 0.6 is 0 Å². The Morgan fingerprint density at radius 1 is 1.00 bits per heavy atom. The first kappa shape index (κ1) is 23.4. The van der Waals surface area contributed by atoms with E-state index in [2.05, 4.69) is 9.97 Å². The van der Waals surface area contributed by atoms with E-state index in [9.17, 15) is 24.0 Å². The molecule has 1 unspecified atom stereocenters. The molecule has 176 valence electrons. The van der Waals surface area contributed by atoms with Crippen molar-refractivity contribution >= 4 is 28.4 Å². The number of aromatic nitrogens is 4. The number of fused-ring (bicyclic) bond motifs is 1. The fourth-order valence-corrected chi connectivity index (χ4v) is 4.63. The highest BCUT2D eigenvalue weighted by molar-refractivity contribution is 7.84. The molecule has 0 aliphatic heterocycles. The Balaban J connectivity index is 1.73. The SMILES string of the molecule is CCCCc1nc(S(C)=O)c(C(=O)O)n1Cc1ccc(-c2nc3ccccn3c2C(=O)O)cc1. The third-order valence-corrected chi connectivity index (χ3v) is 6.37. The van der Waals surface area contributed by atoms with E-state index < -0.39 is 22.7 Å². The van der Waals surface area contributed by atoms with Gasteiger partial charge in [-0.2, -0.15) is 0 Å². The van der Waals surface area contributed by atoms with Gasteiger partial charge < -0.3 is 14.8 Å². The molecule has 4 rings (SSSR count). The number of hydrogen-bond donors (Lipinski definition) is 2. The molecule has 34 heavy (non-hydrogen) atoms. The van der Waals surface area contributed by atoms with E-state index in [1.54, 1.807) is 41.1 Å². The van der Waals surface area contributed by atoms with Crippen LogP contribution in [0.5, 0.6) is 0 Å².